The number of aryl methyl sites for hydroxylation is 1. The van der Waals surface area contributed by atoms with Crippen LogP contribution in [0.15, 0.2) is 22.7 Å². The minimum Gasteiger partial charge on any atom is -0.482 e. The molecule has 1 aromatic heterocycles. The fourth-order valence-electron chi connectivity index (χ4n) is 2.06. The van der Waals surface area contributed by atoms with E-state index in [0.717, 1.165) is 12.2 Å². The Kier molecular flexibility index (Phi) is 3.39. The Labute approximate surface area is 121 Å². The van der Waals surface area contributed by atoms with Gasteiger partial charge in [-0.2, -0.15) is 0 Å². The second-order valence-electron chi connectivity index (χ2n) is 4.70. The third-order valence-corrected chi connectivity index (χ3v) is 3.16. The van der Waals surface area contributed by atoms with Crippen LogP contribution in [0, 0.1) is 0 Å². The second-order valence-corrected chi connectivity index (χ2v) is 4.70. The molecule has 7 nitrogen and oxygen atoms in total. The molecule has 1 amide bonds. The first kappa shape index (κ1) is 13.3. The molecule has 1 aromatic carbocycles. The first-order valence-electron chi connectivity index (χ1n) is 6.69. The number of fused-ring (bicyclic) bond motifs is 1. The summed E-state index contributed by atoms with van der Waals surface area (Å²) in [6.45, 7) is 2.43. The zero-order chi connectivity index (χ0) is 14.8. The van der Waals surface area contributed by atoms with Crippen LogP contribution in [0.1, 0.15) is 18.6 Å². The lowest BCUT2D eigenvalue weighted by atomic mass is 10.2. The number of nitrogens with zero attached hydrogens (tertiary/aromatic N) is 1. The molecule has 2 heterocycles. The number of carbonyl (C=O) groups excluding carboxylic acids is 1. The molecule has 7 heteroatoms. The van der Waals surface area contributed by atoms with Crippen LogP contribution in [0.2, 0.25) is 0 Å². The summed E-state index contributed by atoms with van der Waals surface area (Å²) in [5, 5.41) is 5.88. The molecule has 0 spiro atoms. The highest BCUT2D eigenvalue weighted by molar-refractivity contribution is 5.97. The number of rotatable bonds is 4. The van der Waals surface area contributed by atoms with Crippen molar-refractivity contribution in [3.05, 3.63) is 30.0 Å². The van der Waals surface area contributed by atoms with E-state index in [9.17, 15) is 4.79 Å². The van der Waals surface area contributed by atoms with Crippen molar-refractivity contribution in [2.45, 2.75) is 19.9 Å². The molecule has 110 valence electrons. The SMILES string of the molecule is CCc1cnc(CNc2cc3c(cc2N)OCC(=O)N3)o1. The molecule has 0 unspecified atom stereocenters. The van der Waals surface area contributed by atoms with Gasteiger partial charge in [-0.25, -0.2) is 4.98 Å². The van der Waals surface area contributed by atoms with Crippen molar-refractivity contribution >= 4 is 23.0 Å². The molecule has 1 aliphatic heterocycles. The Morgan fingerprint density at radius 1 is 1.48 bits per heavy atom. The van der Waals surface area contributed by atoms with Gasteiger partial charge in [0.15, 0.2) is 6.61 Å². The molecule has 0 fully saturated rings. The molecule has 2 aromatic rings. The molecule has 0 bridgehead atoms. The number of carbonyl (C=O) groups is 1. The van der Waals surface area contributed by atoms with Crippen molar-refractivity contribution in [3.63, 3.8) is 0 Å². The molecule has 0 saturated carbocycles. The van der Waals surface area contributed by atoms with Crippen LogP contribution in [0.5, 0.6) is 5.75 Å². The molecule has 21 heavy (non-hydrogen) atoms. The Balaban J connectivity index is 1.76. The number of nitrogens with one attached hydrogen (secondary N) is 2. The summed E-state index contributed by atoms with van der Waals surface area (Å²) in [6, 6.07) is 3.43. The molecule has 0 saturated heterocycles. The first-order chi connectivity index (χ1) is 10.2. The minimum absolute atomic E-state index is 0.00925. The molecule has 3 rings (SSSR count). The number of oxazole rings is 1. The van der Waals surface area contributed by atoms with E-state index < -0.39 is 0 Å². The Morgan fingerprint density at radius 2 is 2.33 bits per heavy atom. The third kappa shape index (κ3) is 2.76. The smallest absolute Gasteiger partial charge is 0.262 e. The lowest BCUT2D eigenvalue weighted by Crippen LogP contribution is -2.25. The van der Waals surface area contributed by atoms with E-state index in [4.69, 9.17) is 14.9 Å². The fraction of sp³-hybridized carbons (Fsp3) is 0.286. The maximum atomic E-state index is 11.3. The number of amides is 1. The monoisotopic (exact) mass is 288 g/mol. The number of benzene rings is 1. The molecular weight excluding hydrogens is 272 g/mol. The number of nitrogen functional groups attached to an aromatic ring is 1. The van der Waals surface area contributed by atoms with E-state index in [0.29, 0.717) is 35.2 Å². The maximum Gasteiger partial charge on any atom is 0.262 e. The van der Waals surface area contributed by atoms with Crippen LogP contribution >= 0.6 is 0 Å². The Bertz CT molecular complexity index is 681. The van der Waals surface area contributed by atoms with Gasteiger partial charge in [0.05, 0.1) is 29.8 Å². The van der Waals surface area contributed by atoms with E-state index in [2.05, 4.69) is 15.6 Å². The van der Waals surface area contributed by atoms with Crippen molar-refractivity contribution in [1.82, 2.24) is 4.98 Å². The molecule has 4 N–H and O–H groups in total. The van der Waals surface area contributed by atoms with E-state index in [1.165, 1.54) is 0 Å². The summed E-state index contributed by atoms with van der Waals surface area (Å²) in [5.74, 6) is 1.82. The summed E-state index contributed by atoms with van der Waals surface area (Å²) >= 11 is 0. The van der Waals surface area contributed by atoms with Crippen molar-refractivity contribution in [1.29, 1.82) is 0 Å². The van der Waals surface area contributed by atoms with Gasteiger partial charge in [-0.05, 0) is 6.07 Å². The van der Waals surface area contributed by atoms with Crippen molar-refractivity contribution in [3.8, 4) is 5.75 Å². The first-order valence-corrected chi connectivity index (χ1v) is 6.69. The van der Waals surface area contributed by atoms with E-state index in [1.54, 1.807) is 18.3 Å². The van der Waals surface area contributed by atoms with Gasteiger partial charge in [0.2, 0.25) is 5.89 Å². The van der Waals surface area contributed by atoms with E-state index >= 15 is 0 Å². The molecular formula is C14H16N4O3. The summed E-state index contributed by atoms with van der Waals surface area (Å²) in [4.78, 5) is 15.5. The quantitative estimate of drug-likeness (QED) is 0.741. The van der Waals surface area contributed by atoms with Gasteiger partial charge in [-0.1, -0.05) is 6.92 Å². The molecule has 0 aliphatic carbocycles. The van der Waals surface area contributed by atoms with Crippen LogP contribution in [0.3, 0.4) is 0 Å². The fourth-order valence-corrected chi connectivity index (χ4v) is 2.06. The van der Waals surface area contributed by atoms with Gasteiger partial charge in [-0.15, -0.1) is 0 Å². The highest BCUT2D eigenvalue weighted by Gasteiger charge is 2.18. The second kappa shape index (κ2) is 5.35. The lowest BCUT2D eigenvalue weighted by Gasteiger charge is -2.20. The Hall–Kier alpha value is -2.70. The number of aromatic nitrogens is 1. The van der Waals surface area contributed by atoms with Gasteiger partial charge < -0.3 is 25.5 Å². The number of hydrogen-bond acceptors (Lipinski definition) is 6. The van der Waals surface area contributed by atoms with Crippen molar-refractivity contribution < 1.29 is 13.9 Å². The predicted octanol–water partition coefficient (Wildman–Crippen LogP) is 1.76. The normalized spacial score (nSPS) is 13.3. The maximum absolute atomic E-state index is 11.3. The van der Waals surface area contributed by atoms with Gasteiger partial charge in [0, 0.05) is 12.5 Å². The van der Waals surface area contributed by atoms with Crippen LogP contribution < -0.4 is 21.1 Å². The minimum atomic E-state index is -0.182. The highest BCUT2D eigenvalue weighted by atomic mass is 16.5. The van der Waals surface area contributed by atoms with E-state index in [-0.39, 0.29) is 12.5 Å². The molecule has 0 atom stereocenters. The average Bonchev–Trinajstić information content (AvgIpc) is 2.93. The molecule has 0 radical (unpaired) electrons. The van der Waals surface area contributed by atoms with Crippen molar-refractivity contribution in [2.24, 2.45) is 0 Å². The standard InChI is InChI=1S/C14H16N4O3/c1-2-8-5-17-14(21-8)6-16-10-4-11-12(3-9(10)15)20-7-13(19)18-11/h3-5,16H,2,6-7,15H2,1H3,(H,18,19). The lowest BCUT2D eigenvalue weighted by molar-refractivity contribution is -0.118. The summed E-state index contributed by atoms with van der Waals surface area (Å²) < 4.78 is 10.8. The zero-order valence-corrected chi connectivity index (χ0v) is 11.6. The third-order valence-electron chi connectivity index (χ3n) is 3.16. The number of hydrogen-bond donors (Lipinski definition) is 3. The summed E-state index contributed by atoms with van der Waals surface area (Å²) in [6.07, 6.45) is 2.51. The van der Waals surface area contributed by atoms with Gasteiger partial charge in [-0.3, -0.25) is 4.79 Å². The number of anilines is 3. The van der Waals surface area contributed by atoms with Crippen LogP contribution in [-0.4, -0.2) is 17.5 Å². The van der Waals surface area contributed by atoms with Crippen LogP contribution in [-0.2, 0) is 17.8 Å². The van der Waals surface area contributed by atoms with Crippen LogP contribution in [0.4, 0.5) is 17.1 Å². The zero-order valence-electron chi connectivity index (χ0n) is 11.6. The van der Waals surface area contributed by atoms with Crippen molar-refractivity contribution in [2.75, 3.05) is 23.0 Å². The summed E-state index contributed by atoms with van der Waals surface area (Å²) in [7, 11) is 0. The number of ether oxygens (including phenoxy) is 1. The average molecular weight is 288 g/mol. The predicted molar refractivity (Wildman–Crippen MR) is 78.2 cm³/mol. The van der Waals surface area contributed by atoms with Gasteiger partial charge >= 0.3 is 0 Å². The molecule has 1 aliphatic rings. The largest absolute Gasteiger partial charge is 0.482 e. The number of nitrogens with two attached hydrogens (primary N) is 1. The Morgan fingerprint density at radius 3 is 3.10 bits per heavy atom. The van der Waals surface area contributed by atoms with Crippen LogP contribution in [0.25, 0.3) is 0 Å². The topological polar surface area (TPSA) is 102 Å². The highest BCUT2D eigenvalue weighted by Crippen LogP contribution is 2.35. The van der Waals surface area contributed by atoms with Gasteiger partial charge in [0.1, 0.15) is 11.5 Å². The van der Waals surface area contributed by atoms with Gasteiger partial charge in [0.25, 0.3) is 5.91 Å². The summed E-state index contributed by atoms with van der Waals surface area (Å²) in [5.41, 5.74) is 7.80. The van der Waals surface area contributed by atoms with E-state index in [1.807, 2.05) is 6.92 Å².